The minimum absolute atomic E-state index is 0.691. The molecule has 1 fully saturated rings. The Kier molecular flexibility index (Phi) is 5.64. The Bertz CT molecular complexity index is 378. The minimum Gasteiger partial charge on any atom is -0.370 e. The summed E-state index contributed by atoms with van der Waals surface area (Å²) in [5.74, 6) is 1.02. The summed E-state index contributed by atoms with van der Waals surface area (Å²) in [5, 5.41) is 3.37. The van der Waals surface area contributed by atoms with Gasteiger partial charge < -0.3 is 5.32 Å². The molecular formula is C16H27N3. The molecule has 1 unspecified atom stereocenters. The van der Waals surface area contributed by atoms with Gasteiger partial charge in [-0.15, -0.1) is 0 Å². The van der Waals surface area contributed by atoms with Crippen LogP contribution in [-0.4, -0.2) is 29.0 Å². The second kappa shape index (κ2) is 7.49. The molecule has 1 aliphatic rings. The lowest BCUT2D eigenvalue weighted by Gasteiger charge is -2.26. The standard InChI is InChI=1S/C16H27N3/c1-3-11-17-16-10-7-9-15(18-16)13-19-12-6-4-5-8-14(19)2/h7,9-10,14H,3-6,8,11-13H2,1-2H3,(H,17,18). The Morgan fingerprint density at radius 3 is 3.05 bits per heavy atom. The highest BCUT2D eigenvalue weighted by atomic mass is 15.2. The monoisotopic (exact) mass is 261 g/mol. The summed E-state index contributed by atoms with van der Waals surface area (Å²) in [7, 11) is 0. The molecule has 0 spiro atoms. The van der Waals surface area contributed by atoms with E-state index in [1.807, 2.05) is 0 Å². The van der Waals surface area contributed by atoms with Crippen molar-refractivity contribution in [3.05, 3.63) is 23.9 Å². The maximum Gasteiger partial charge on any atom is 0.126 e. The first kappa shape index (κ1) is 14.3. The molecule has 3 nitrogen and oxygen atoms in total. The van der Waals surface area contributed by atoms with Crippen molar-refractivity contribution in [2.75, 3.05) is 18.4 Å². The topological polar surface area (TPSA) is 28.2 Å². The molecule has 3 heteroatoms. The summed E-state index contributed by atoms with van der Waals surface area (Å²) in [6, 6.07) is 7.01. The summed E-state index contributed by atoms with van der Waals surface area (Å²) < 4.78 is 0. The molecule has 106 valence electrons. The Morgan fingerprint density at radius 2 is 2.21 bits per heavy atom. The third-order valence-corrected chi connectivity index (χ3v) is 3.92. The third kappa shape index (κ3) is 4.50. The van der Waals surface area contributed by atoms with Gasteiger partial charge in [0.15, 0.2) is 0 Å². The first-order valence-electron chi connectivity index (χ1n) is 7.73. The minimum atomic E-state index is 0.691. The van der Waals surface area contributed by atoms with E-state index in [-0.39, 0.29) is 0 Å². The normalized spacial score (nSPS) is 21.1. The van der Waals surface area contributed by atoms with Crippen LogP contribution in [0.5, 0.6) is 0 Å². The summed E-state index contributed by atoms with van der Waals surface area (Å²) in [5.41, 5.74) is 1.19. The SMILES string of the molecule is CCCNc1cccc(CN2CCCCCC2C)n1. The number of rotatable bonds is 5. The van der Waals surface area contributed by atoms with Gasteiger partial charge in [-0.1, -0.05) is 25.8 Å². The first-order chi connectivity index (χ1) is 9.29. The zero-order chi connectivity index (χ0) is 13.5. The number of nitrogens with one attached hydrogen (secondary N) is 1. The zero-order valence-corrected chi connectivity index (χ0v) is 12.4. The van der Waals surface area contributed by atoms with E-state index >= 15 is 0 Å². The predicted octanol–water partition coefficient (Wildman–Crippen LogP) is 3.67. The van der Waals surface area contributed by atoms with E-state index in [1.165, 1.54) is 37.9 Å². The zero-order valence-electron chi connectivity index (χ0n) is 12.4. The van der Waals surface area contributed by atoms with Gasteiger partial charge in [0.1, 0.15) is 5.82 Å². The van der Waals surface area contributed by atoms with Crippen LogP contribution in [0, 0.1) is 0 Å². The highest BCUT2D eigenvalue weighted by Crippen LogP contribution is 2.18. The molecule has 0 aliphatic carbocycles. The number of hydrogen-bond acceptors (Lipinski definition) is 3. The van der Waals surface area contributed by atoms with Crippen molar-refractivity contribution < 1.29 is 0 Å². The molecule has 2 rings (SSSR count). The van der Waals surface area contributed by atoms with Crippen molar-refractivity contribution in [3.8, 4) is 0 Å². The summed E-state index contributed by atoms with van der Waals surface area (Å²) in [6.07, 6.45) is 6.55. The predicted molar refractivity (Wildman–Crippen MR) is 81.4 cm³/mol. The fourth-order valence-corrected chi connectivity index (χ4v) is 2.70. The van der Waals surface area contributed by atoms with Crippen LogP contribution in [0.1, 0.15) is 51.6 Å². The lowest BCUT2D eigenvalue weighted by molar-refractivity contribution is 0.202. The Hall–Kier alpha value is -1.09. The van der Waals surface area contributed by atoms with E-state index in [4.69, 9.17) is 4.98 Å². The number of likely N-dealkylation sites (tertiary alicyclic amines) is 1. The maximum atomic E-state index is 4.72. The lowest BCUT2D eigenvalue weighted by Crippen LogP contribution is -2.32. The Morgan fingerprint density at radius 1 is 1.32 bits per heavy atom. The van der Waals surface area contributed by atoms with E-state index in [1.54, 1.807) is 0 Å². The fourth-order valence-electron chi connectivity index (χ4n) is 2.70. The van der Waals surface area contributed by atoms with Crippen LogP contribution < -0.4 is 5.32 Å². The second-order valence-electron chi connectivity index (χ2n) is 5.61. The van der Waals surface area contributed by atoms with Gasteiger partial charge in [0, 0.05) is 19.1 Å². The van der Waals surface area contributed by atoms with Gasteiger partial charge >= 0.3 is 0 Å². The molecular weight excluding hydrogens is 234 g/mol. The average Bonchev–Trinajstić information content (AvgIpc) is 2.62. The molecule has 2 heterocycles. The molecule has 19 heavy (non-hydrogen) atoms. The van der Waals surface area contributed by atoms with Crippen molar-refractivity contribution in [2.45, 2.75) is 58.5 Å². The number of nitrogens with zero attached hydrogens (tertiary/aromatic N) is 2. The van der Waals surface area contributed by atoms with Crippen molar-refractivity contribution >= 4 is 5.82 Å². The van der Waals surface area contributed by atoms with Gasteiger partial charge in [-0.25, -0.2) is 4.98 Å². The molecule has 0 saturated carbocycles. The van der Waals surface area contributed by atoms with E-state index < -0.39 is 0 Å². The van der Waals surface area contributed by atoms with Gasteiger partial charge in [0.05, 0.1) is 5.69 Å². The molecule has 1 aliphatic heterocycles. The van der Waals surface area contributed by atoms with Crippen LogP contribution >= 0.6 is 0 Å². The third-order valence-electron chi connectivity index (χ3n) is 3.92. The fraction of sp³-hybridized carbons (Fsp3) is 0.688. The molecule has 1 atom stereocenters. The van der Waals surface area contributed by atoms with Gasteiger partial charge in [-0.3, -0.25) is 4.90 Å². The van der Waals surface area contributed by atoms with Crippen molar-refractivity contribution in [3.63, 3.8) is 0 Å². The van der Waals surface area contributed by atoms with Crippen molar-refractivity contribution in [2.24, 2.45) is 0 Å². The van der Waals surface area contributed by atoms with Crippen LogP contribution in [0.4, 0.5) is 5.82 Å². The van der Waals surface area contributed by atoms with Gasteiger partial charge in [-0.05, 0) is 44.9 Å². The van der Waals surface area contributed by atoms with Crippen molar-refractivity contribution in [1.29, 1.82) is 0 Å². The summed E-state index contributed by atoms with van der Waals surface area (Å²) in [6.45, 7) is 7.73. The first-order valence-corrected chi connectivity index (χ1v) is 7.73. The molecule has 1 aromatic heterocycles. The number of aromatic nitrogens is 1. The van der Waals surface area contributed by atoms with Gasteiger partial charge in [0.2, 0.25) is 0 Å². The quantitative estimate of drug-likeness (QED) is 0.876. The Balaban J connectivity index is 1.97. The van der Waals surface area contributed by atoms with E-state index in [2.05, 4.69) is 42.3 Å². The van der Waals surface area contributed by atoms with Crippen LogP contribution in [0.25, 0.3) is 0 Å². The number of hydrogen-bond donors (Lipinski definition) is 1. The molecule has 0 amide bonds. The summed E-state index contributed by atoms with van der Waals surface area (Å²) in [4.78, 5) is 7.30. The summed E-state index contributed by atoms with van der Waals surface area (Å²) >= 11 is 0. The smallest absolute Gasteiger partial charge is 0.126 e. The highest BCUT2D eigenvalue weighted by molar-refractivity contribution is 5.35. The maximum absolute atomic E-state index is 4.72. The average molecular weight is 261 g/mol. The largest absolute Gasteiger partial charge is 0.370 e. The Labute approximate surface area is 117 Å². The van der Waals surface area contributed by atoms with E-state index in [0.29, 0.717) is 6.04 Å². The van der Waals surface area contributed by atoms with E-state index in [0.717, 1.165) is 25.3 Å². The number of pyridine rings is 1. The van der Waals surface area contributed by atoms with E-state index in [9.17, 15) is 0 Å². The second-order valence-corrected chi connectivity index (χ2v) is 5.61. The van der Waals surface area contributed by atoms with Crippen molar-refractivity contribution in [1.82, 2.24) is 9.88 Å². The molecule has 1 saturated heterocycles. The van der Waals surface area contributed by atoms with Crippen LogP contribution in [0.3, 0.4) is 0 Å². The molecule has 1 aromatic rings. The molecule has 1 N–H and O–H groups in total. The molecule has 0 radical (unpaired) electrons. The van der Waals surface area contributed by atoms with Crippen LogP contribution in [0.2, 0.25) is 0 Å². The lowest BCUT2D eigenvalue weighted by atomic mass is 10.1. The molecule has 0 bridgehead atoms. The van der Waals surface area contributed by atoms with Crippen LogP contribution in [-0.2, 0) is 6.54 Å². The van der Waals surface area contributed by atoms with Gasteiger partial charge in [0.25, 0.3) is 0 Å². The highest BCUT2D eigenvalue weighted by Gasteiger charge is 2.17. The van der Waals surface area contributed by atoms with Gasteiger partial charge in [-0.2, -0.15) is 0 Å². The van der Waals surface area contributed by atoms with Crippen LogP contribution in [0.15, 0.2) is 18.2 Å². The number of anilines is 1. The molecule has 0 aromatic carbocycles.